The Kier molecular flexibility index (Phi) is 2.59. The van der Waals surface area contributed by atoms with Crippen molar-refractivity contribution in [3.8, 4) is 0 Å². The number of aromatic nitrogens is 1. The smallest absolute Gasteiger partial charge is 0.228 e. The van der Waals surface area contributed by atoms with Crippen molar-refractivity contribution in [3.05, 3.63) is 49.2 Å². The highest BCUT2D eigenvalue weighted by molar-refractivity contribution is 5.97. The molecule has 3 heteroatoms. The van der Waals surface area contributed by atoms with Crippen LogP contribution in [0, 0.1) is 5.92 Å². The number of nitrogens with zero attached hydrogens (tertiary/aromatic N) is 2. The van der Waals surface area contributed by atoms with Crippen LogP contribution < -0.4 is 4.90 Å². The minimum atomic E-state index is 0.127. The molecule has 2 heterocycles. The summed E-state index contributed by atoms with van der Waals surface area (Å²) >= 11 is 0. The van der Waals surface area contributed by atoms with Gasteiger partial charge in [0.15, 0.2) is 0 Å². The van der Waals surface area contributed by atoms with Crippen molar-refractivity contribution < 1.29 is 4.79 Å². The molecular weight excluding hydrogens is 224 g/mol. The molecule has 0 N–H and O–H groups in total. The fourth-order valence-electron chi connectivity index (χ4n) is 2.33. The molecular formula is C15H14N2O. The zero-order valence-electron chi connectivity index (χ0n) is 10.0. The highest BCUT2D eigenvalue weighted by atomic mass is 16.2. The summed E-state index contributed by atoms with van der Waals surface area (Å²) < 4.78 is 0. The Labute approximate surface area is 106 Å². The predicted molar refractivity (Wildman–Crippen MR) is 72.4 cm³/mol. The first-order chi connectivity index (χ1) is 8.78. The largest absolute Gasteiger partial charge is 0.296 e. The van der Waals surface area contributed by atoms with Gasteiger partial charge in [0.2, 0.25) is 5.91 Å². The van der Waals surface area contributed by atoms with E-state index in [2.05, 4.69) is 11.6 Å². The molecule has 1 amide bonds. The summed E-state index contributed by atoms with van der Waals surface area (Å²) in [5, 5.41) is 2.20. The van der Waals surface area contributed by atoms with Crippen LogP contribution in [0.2, 0.25) is 0 Å². The maximum atomic E-state index is 11.9. The number of carbonyl (C=O) groups is 1. The summed E-state index contributed by atoms with van der Waals surface area (Å²) in [5.41, 5.74) is 0. The Morgan fingerprint density at radius 2 is 2.11 bits per heavy atom. The number of hydrogen-bond acceptors (Lipinski definition) is 2. The van der Waals surface area contributed by atoms with Gasteiger partial charge in [-0.2, -0.15) is 0 Å². The number of anilines is 1. The average Bonchev–Trinajstić information content (AvgIpc) is 2.79. The molecule has 1 aliphatic rings. The van der Waals surface area contributed by atoms with Gasteiger partial charge in [-0.05, 0) is 11.5 Å². The zero-order chi connectivity index (χ0) is 12.5. The third-order valence-corrected chi connectivity index (χ3v) is 3.38. The van der Waals surface area contributed by atoms with E-state index in [-0.39, 0.29) is 11.8 Å². The Morgan fingerprint density at radius 1 is 1.33 bits per heavy atom. The van der Waals surface area contributed by atoms with E-state index in [0.717, 1.165) is 16.6 Å². The number of benzene rings is 1. The summed E-state index contributed by atoms with van der Waals surface area (Å²) in [6.45, 7) is 4.44. The van der Waals surface area contributed by atoms with E-state index in [1.807, 2.05) is 42.6 Å². The van der Waals surface area contributed by atoms with E-state index in [4.69, 9.17) is 0 Å². The standard InChI is InChI=1S/C15H14N2O/c1-2-11-7-15(18)17(10-11)14-8-12-5-3-4-6-13(12)9-16-14/h2-6,8-9,11H,1,7,10H2. The molecule has 90 valence electrons. The SMILES string of the molecule is C=CC1CC(=O)N(c2cc3ccccc3cn2)C1. The quantitative estimate of drug-likeness (QED) is 0.754. The van der Waals surface area contributed by atoms with Crippen molar-refractivity contribution in [2.45, 2.75) is 6.42 Å². The van der Waals surface area contributed by atoms with Crippen LogP contribution in [0.1, 0.15) is 6.42 Å². The van der Waals surface area contributed by atoms with E-state index in [0.29, 0.717) is 13.0 Å². The maximum Gasteiger partial charge on any atom is 0.228 e. The van der Waals surface area contributed by atoms with Crippen molar-refractivity contribution in [2.75, 3.05) is 11.4 Å². The minimum absolute atomic E-state index is 0.127. The summed E-state index contributed by atoms with van der Waals surface area (Å²) in [6.07, 6.45) is 4.20. The van der Waals surface area contributed by atoms with Crippen LogP contribution in [0.5, 0.6) is 0 Å². The van der Waals surface area contributed by atoms with Gasteiger partial charge in [-0.3, -0.25) is 9.69 Å². The summed E-state index contributed by atoms with van der Waals surface area (Å²) in [7, 11) is 0. The monoisotopic (exact) mass is 238 g/mol. The summed E-state index contributed by atoms with van der Waals surface area (Å²) in [6, 6.07) is 10.00. The molecule has 1 saturated heterocycles. The van der Waals surface area contributed by atoms with Gasteiger partial charge in [0, 0.05) is 30.5 Å². The van der Waals surface area contributed by atoms with Crippen LogP contribution in [-0.2, 0) is 4.79 Å². The zero-order valence-corrected chi connectivity index (χ0v) is 10.0. The minimum Gasteiger partial charge on any atom is -0.296 e. The number of amides is 1. The van der Waals surface area contributed by atoms with E-state index in [1.165, 1.54) is 0 Å². The van der Waals surface area contributed by atoms with Crippen LogP contribution in [0.15, 0.2) is 49.2 Å². The molecule has 1 fully saturated rings. The van der Waals surface area contributed by atoms with Gasteiger partial charge in [0.05, 0.1) is 0 Å². The van der Waals surface area contributed by atoms with E-state index in [1.54, 1.807) is 4.90 Å². The first-order valence-electron chi connectivity index (χ1n) is 6.05. The molecule has 1 aromatic heterocycles. The van der Waals surface area contributed by atoms with Gasteiger partial charge >= 0.3 is 0 Å². The first-order valence-corrected chi connectivity index (χ1v) is 6.05. The van der Waals surface area contributed by atoms with Crippen molar-refractivity contribution in [1.82, 2.24) is 4.98 Å². The molecule has 1 atom stereocenters. The maximum absolute atomic E-state index is 11.9. The first kappa shape index (κ1) is 11.0. The molecule has 1 aliphatic heterocycles. The van der Waals surface area contributed by atoms with Crippen LogP contribution in [0.4, 0.5) is 5.82 Å². The Morgan fingerprint density at radius 3 is 2.83 bits per heavy atom. The Hall–Kier alpha value is -2.16. The second-order valence-electron chi connectivity index (χ2n) is 4.59. The van der Waals surface area contributed by atoms with Crippen molar-refractivity contribution in [1.29, 1.82) is 0 Å². The Bertz CT molecular complexity index is 621. The second-order valence-corrected chi connectivity index (χ2v) is 4.59. The van der Waals surface area contributed by atoms with Crippen LogP contribution >= 0.6 is 0 Å². The number of rotatable bonds is 2. The lowest BCUT2D eigenvalue weighted by Gasteiger charge is -2.15. The van der Waals surface area contributed by atoms with E-state index < -0.39 is 0 Å². The van der Waals surface area contributed by atoms with Gasteiger partial charge in [0.1, 0.15) is 5.82 Å². The van der Waals surface area contributed by atoms with Crippen LogP contribution in [0.25, 0.3) is 10.8 Å². The summed E-state index contributed by atoms with van der Waals surface area (Å²) in [4.78, 5) is 18.0. The third kappa shape index (κ3) is 1.78. The lowest BCUT2D eigenvalue weighted by atomic mass is 10.1. The van der Waals surface area contributed by atoms with Gasteiger partial charge in [0.25, 0.3) is 0 Å². The molecule has 0 radical (unpaired) electrons. The molecule has 3 nitrogen and oxygen atoms in total. The normalized spacial score (nSPS) is 19.4. The molecule has 0 aliphatic carbocycles. The third-order valence-electron chi connectivity index (χ3n) is 3.38. The van der Waals surface area contributed by atoms with Crippen LogP contribution in [0.3, 0.4) is 0 Å². The molecule has 0 saturated carbocycles. The van der Waals surface area contributed by atoms with Crippen molar-refractivity contribution in [2.24, 2.45) is 5.92 Å². The summed E-state index contributed by atoms with van der Waals surface area (Å²) in [5.74, 6) is 1.11. The molecule has 2 aromatic rings. The topological polar surface area (TPSA) is 33.2 Å². The fraction of sp³-hybridized carbons (Fsp3) is 0.200. The van der Waals surface area contributed by atoms with Crippen molar-refractivity contribution >= 4 is 22.5 Å². The molecule has 18 heavy (non-hydrogen) atoms. The number of carbonyl (C=O) groups excluding carboxylic acids is 1. The molecule has 1 unspecified atom stereocenters. The van der Waals surface area contributed by atoms with Gasteiger partial charge in [-0.1, -0.05) is 30.3 Å². The van der Waals surface area contributed by atoms with Crippen molar-refractivity contribution in [3.63, 3.8) is 0 Å². The predicted octanol–water partition coefficient (Wildman–Crippen LogP) is 2.77. The average molecular weight is 238 g/mol. The lowest BCUT2D eigenvalue weighted by Crippen LogP contribution is -2.25. The van der Waals surface area contributed by atoms with E-state index >= 15 is 0 Å². The Balaban J connectivity index is 1.99. The molecule has 3 rings (SSSR count). The number of pyridine rings is 1. The van der Waals surface area contributed by atoms with E-state index in [9.17, 15) is 4.79 Å². The highest BCUT2D eigenvalue weighted by Gasteiger charge is 2.29. The number of fused-ring (bicyclic) bond motifs is 1. The number of hydrogen-bond donors (Lipinski definition) is 0. The van der Waals surface area contributed by atoms with Gasteiger partial charge in [-0.25, -0.2) is 4.98 Å². The molecule has 1 aromatic carbocycles. The van der Waals surface area contributed by atoms with Gasteiger partial charge in [-0.15, -0.1) is 6.58 Å². The van der Waals surface area contributed by atoms with Gasteiger partial charge < -0.3 is 0 Å². The lowest BCUT2D eigenvalue weighted by molar-refractivity contribution is -0.117. The molecule has 0 bridgehead atoms. The molecule has 0 spiro atoms. The van der Waals surface area contributed by atoms with Crippen LogP contribution in [-0.4, -0.2) is 17.4 Å². The second kappa shape index (κ2) is 4.26. The fourth-order valence-corrected chi connectivity index (χ4v) is 2.33. The highest BCUT2D eigenvalue weighted by Crippen LogP contribution is 2.26.